The third-order valence-electron chi connectivity index (χ3n) is 4.96. The predicted molar refractivity (Wildman–Crippen MR) is 117 cm³/mol. The number of hydrogen-bond donors (Lipinski definition) is 2. The number of ether oxygens (including phenoxy) is 2. The van der Waals surface area contributed by atoms with Crippen LogP contribution in [0.2, 0.25) is 0 Å². The fourth-order valence-electron chi connectivity index (χ4n) is 3.33. The summed E-state index contributed by atoms with van der Waals surface area (Å²) in [5.74, 6) is 1.73. The van der Waals surface area contributed by atoms with E-state index in [1.54, 1.807) is 0 Å². The van der Waals surface area contributed by atoms with Gasteiger partial charge in [0.1, 0.15) is 13.2 Å². The van der Waals surface area contributed by atoms with Gasteiger partial charge in [-0.1, -0.05) is 48.2 Å². The minimum Gasteiger partial charge on any atom is -0.486 e. The monoisotopic (exact) mass is 423 g/mol. The smallest absolute Gasteiger partial charge is 0.230 e. The highest BCUT2D eigenvalue weighted by Crippen LogP contribution is 2.32. The van der Waals surface area contributed by atoms with Gasteiger partial charge in [0.2, 0.25) is 5.91 Å². The van der Waals surface area contributed by atoms with E-state index in [0.29, 0.717) is 19.0 Å². The molecule has 2 N–H and O–H groups in total. The first kappa shape index (κ1) is 20.3. The van der Waals surface area contributed by atoms with Crippen molar-refractivity contribution in [2.75, 3.05) is 19.0 Å². The lowest BCUT2D eigenvalue weighted by molar-refractivity contribution is -0.119. The van der Waals surface area contributed by atoms with E-state index >= 15 is 0 Å². The molecule has 6 nitrogen and oxygen atoms in total. The number of H-pyrrole nitrogens is 1. The number of imidazole rings is 1. The molecule has 2 heterocycles. The third-order valence-corrected chi connectivity index (χ3v) is 5.84. The normalized spacial score (nSPS) is 13.7. The molecular weight excluding hydrogens is 398 g/mol. The van der Waals surface area contributed by atoms with Crippen molar-refractivity contribution >= 4 is 17.7 Å². The molecule has 3 aromatic rings. The van der Waals surface area contributed by atoms with Gasteiger partial charge in [0.15, 0.2) is 16.7 Å². The van der Waals surface area contributed by atoms with Crippen molar-refractivity contribution in [3.05, 3.63) is 71.0 Å². The average molecular weight is 424 g/mol. The van der Waals surface area contributed by atoms with E-state index in [0.717, 1.165) is 40.0 Å². The van der Waals surface area contributed by atoms with Crippen LogP contribution >= 0.6 is 11.8 Å². The van der Waals surface area contributed by atoms with E-state index < -0.39 is 0 Å². The summed E-state index contributed by atoms with van der Waals surface area (Å²) in [5.41, 5.74) is 4.24. The highest BCUT2D eigenvalue weighted by Gasteiger charge is 2.16. The molecule has 0 spiro atoms. The quantitative estimate of drug-likeness (QED) is 0.561. The van der Waals surface area contributed by atoms with Gasteiger partial charge in [-0.2, -0.15) is 0 Å². The molecule has 0 radical (unpaired) electrons. The zero-order valence-electron chi connectivity index (χ0n) is 17.1. The second-order valence-electron chi connectivity index (χ2n) is 7.26. The number of rotatable bonds is 7. The zero-order valence-corrected chi connectivity index (χ0v) is 17.9. The molecule has 156 valence electrons. The molecule has 1 amide bonds. The number of thioether (sulfide) groups is 1. The van der Waals surface area contributed by atoms with Crippen molar-refractivity contribution in [3.63, 3.8) is 0 Å². The highest BCUT2D eigenvalue weighted by molar-refractivity contribution is 7.99. The summed E-state index contributed by atoms with van der Waals surface area (Å²) in [6, 6.07) is 15.9. The molecule has 0 saturated heterocycles. The lowest BCUT2D eigenvalue weighted by atomic mass is 10.1. The maximum absolute atomic E-state index is 12.4. The summed E-state index contributed by atoms with van der Waals surface area (Å²) in [6.45, 7) is 5.08. The molecule has 30 heavy (non-hydrogen) atoms. The van der Waals surface area contributed by atoms with Crippen molar-refractivity contribution in [1.82, 2.24) is 15.3 Å². The first-order chi connectivity index (χ1) is 14.6. The number of amides is 1. The number of carbonyl (C=O) groups excluding carboxylic acids is 1. The van der Waals surface area contributed by atoms with E-state index in [9.17, 15) is 4.79 Å². The Hall–Kier alpha value is -2.93. The van der Waals surface area contributed by atoms with Crippen molar-refractivity contribution < 1.29 is 14.3 Å². The van der Waals surface area contributed by atoms with Gasteiger partial charge in [-0.15, -0.1) is 0 Å². The summed E-state index contributed by atoms with van der Waals surface area (Å²) in [5, 5.41) is 3.80. The Morgan fingerprint density at radius 3 is 2.73 bits per heavy atom. The Morgan fingerprint density at radius 1 is 1.17 bits per heavy atom. The van der Waals surface area contributed by atoms with Gasteiger partial charge >= 0.3 is 0 Å². The van der Waals surface area contributed by atoms with Crippen LogP contribution in [0, 0.1) is 6.92 Å². The summed E-state index contributed by atoms with van der Waals surface area (Å²) >= 11 is 1.41. The Balaban J connectivity index is 1.31. The van der Waals surface area contributed by atoms with Crippen LogP contribution in [0.5, 0.6) is 11.5 Å². The van der Waals surface area contributed by atoms with Crippen molar-refractivity contribution in [2.45, 2.75) is 31.5 Å². The van der Waals surface area contributed by atoms with Gasteiger partial charge in [0, 0.05) is 12.1 Å². The number of nitrogens with zero attached hydrogens (tertiary/aromatic N) is 1. The van der Waals surface area contributed by atoms with E-state index in [4.69, 9.17) is 9.47 Å². The molecule has 0 bridgehead atoms. The second-order valence-corrected chi connectivity index (χ2v) is 8.22. The SMILES string of the molecule is Cc1[nH]c(SCC(=O)N[C@@H](C)c2ccc3c(c2)OCCO3)nc1Cc1ccccc1. The lowest BCUT2D eigenvalue weighted by Gasteiger charge is -2.21. The predicted octanol–water partition coefficient (Wildman–Crippen LogP) is 4.05. The Kier molecular flexibility index (Phi) is 6.28. The van der Waals surface area contributed by atoms with Crippen molar-refractivity contribution in [1.29, 1.82) is 0 Å². The van der Waals surface area contributed by atoms with Crippen LogP contribution in [-0.4, -0.2) is 34.8 Å². The molecule has 1 atom stereocenters. The molecule has 0 fully saturated rings. The Morgan fingerprint density at radius 2 is 1.93 bits per heavy atom. The highest BCUT2D eigenvalue weighted by atomic mass is 32.2. The maximum atomic E-state index is 12.4. The summed E-state index contributed by atoms with van der Waals surface area (Å²) in [4.78, 5) is 20.4. The van der Waals surface area contributed by atoms with Gasteiger partial charge in [-0.05, 0) is 37.1 Å². The lowest BCUT2D eigenvalue weighted by Crippen LogP contribution is -2.28. The van der Waals surface area contributed by atoms with Crippen LogP contribution in [-0.2, 0) is 11.2 Å². The van der Waals surface area contributed by atoms with Crippen LogP contribution < -0.4 is 14.8 Å². The van der Waals surface area contributed by atoms with Crippen LogP contribution in [0.1, 0.15) is 35.5 Å². The molecule has 2 aromatic carbocycles. The van der Waals surface area contributed by atoms with E-state index in [2.05, 4.69) is 27.4 Å². The summed E-state index contributed by atoms with van der Waals surface area (Å²) < 4.78 is 11.2. The fourth-order valence-corrected chi connectivity index (χ4v) is 4.08. The third kappa shape index (κ3) is 4.97. The zero-order chi connectivity index (χ0) is 20.9. The molecule has 0 unspecified atom stereocenters. The first-order valence-electron chi connectivity index (χ1n) is 9.99. The standard InChI is InChI=1S/C23H25N3O3S/c1-15(18-8-9-20-21(13-18)29-11-10-28-20)24-22(27)14-30-23-25-16(2)19(26-23)12-17-6-4-3-5-7-17/h3-9,13,15H,10-12,14H2,1-2H3,(H,24,27)(H,25,26)/t15-/m0/s1. The number of fused-ring (bicyclic) bond motifs is 1. The Labute approximate surface area is 180 Å². The van der Waals surface area contributed by atoms with Gasteiger partial charge in [-0.3, -0.25) is 4.79 Å². The minimum absolute atomic E-state index is 0.0407. The van der Waals surface area contributed by atoms with Crippen LogP contribution in [0.3, 0.4) is 0 Å². The topological polar surface area (TPSA) is 76.2 Å². The van der Waals surface area contributed by atoms with Gasteiger partial charge in [-0.25, -0.2) is 4.98 Å². The molecule has 1 aliphatic rings. The van der Waals surface area contributed by atoms with Gasteiger partial charge in [0.25, 0.3) is 0 Å². The average Bonchev–Trinajstić information content (AvgIpc) is 3.11. The first-order valence-corrected chi connectivity index (χ1v) is 11.0. The van der Waals surface area contributed by atoms with Crippen LogP contribution in [0.15, 0.2) is 53.7 Å². The van der Waals surface area contributed by atoms with Gasteiger partial charge < -0.3 is 19.8 Å². The molecule has 1 aliphatic heterocycles. The molecular formula is C23H25N3O3S. The number of hydrogen-bond acceptors (Lipinski definition) is 5. The largest absolute Gasteiger partial charge is 0.486 e. The molecule has 0 saturated carbocycles. The number of carbonyl (C=O) groups is 1. The second kappa shape index (κ2) is 9.26. The number of aromatic nitrogens is 2. The molecule has 4 rings (SSSR count). The van der Waals surface area contributed by atoms with Crippen LogP contribution in [0.25, 0.3) is 0 Å². The Bertz CT molecular complexity index is 1020. The fraction of sp³-hybridized carbons (Fsp3) is 0.304. The number of nitrogens with one attached hydrogen (secondary N) is 2. The number of aryl methyl sites for hydroxylation is 1. The van der Waals surface area contributed by atoms with E-state index in [1.807, 2.05) is 50.2 Å². The van der Waals surface area contributed by atoms with Crippen molar-refractivity contribution in [2.24, 2.45) is 0 Å². The summed E-state index contributed by atoms with van der Waals surface area (Å²) in [6.07, 6.45) is 0.775. The van der Waals surface area contributed by atoms with Crippen molar-refractivity contribution in [3.8, 4) is 11.5 Å². The summed E-state index contributed by atoms with van der Waals surface area (Å²) in [7, 11) is 0. The molecule has 7 heteroatoms. The molecule has 1 aromatic heterocycles. The van der Waals surface area contributed by atoms with Gasteiger partial charge in [0.05, 0.1) is 17.5 Å². The molecule has 0 aliphatic carbocycles. The maximum Gasteiger partial charge on any atom is 0.230 e. The number of aromatic amines is 1. The minimum atomic E-state index is -0.124. The van der Waals surface area contributed by atoms with E-state index in [1.165, 1.54) is 17.3 Å². The van der Waals surface area contributed by atoms with E-state index in [-0.39, 0.29) is 11.9 Å². The number of benzene rings is 2. The van der Waals surface area contributed by atoms with Crippen LogP contribution in [0.4, 0.5) is 0 Å².